The van der Waals surface area contributed by atoms with Crippen LogP contribution in [0.4, 0.5) is 5.95 Å². The Morgan fingerprint density at radius 3 is 2.62 bits per heavy atom. The lowest BCUT2D eigenvalue weighted by molar-refractivity contribution is 0.241. The highest BCUT2D eigenvalue weighted by Gasteiger charge is 2.26. The van der Waals surface area contributed by atoms with E-state index in [-0.39, 0.29) is 5.56 Å². The summed E-state index contributed by atoms with van der Waals surface area (Å²) in [6.07, 6.45) is 2.10. The van der Waals surface area contributed by atoms with Crippen LogP contribution in [0.3, 0.4) is 0 Å². The molecule has 0 radical (unpaired) electrons. The summed E-state index contributed by atoms with van der Waals surface area (Å²) in [5.41, 5.74) is 3.15. The lowest BCUT2D eigenvalue weighted by atomic mass is 9.92. The maximum absolute atomic E-state index is 12.7. The molecule has 5 heteroatoms. The van der Waals surface area contributed by atoms with Gasteiger partial charge in [-0.2, -0.15) is 0 Å². The number of benzene rings is 1. The molecule has 2 aliphatic heterocycles. The molecule has 1 N–H and O–H groups in total. The number of hydrogen-bond acceptors (Lipinski definition) is 4. The molecule has 0 bridgehead atoms. The molecule has 2 aromatic rings. The Bertz CT molecular complexity index is 807. The van der Waals surface area contributed by atoms with E-state index in [0.29, 0.717) is 18.4 Å². The van der Waals surface area contributed by atoms with Crippen LogP contribution in [-0.2, 0) is 19.5 Å². The second-order valence-electron chi connectivity index (χ2n) is 8.11. The van der Waals surface area contributed by atoms with Gasteiger partial charge in [0.05, 0.1) is 11.3 Å². The number of anilines is 1. The minimum absolute atomic E-state index is 0.0358. The number of aromatic nitrogens is 2. The van der Waals surface area contributed by atoms with Crippen LogP contribution in [0.15, 0.2) is 35.1 Å². The first-order valence-corrected chi connectivity index (χ1v) is 9.72. The lowest BCUT2D eigenvalue weighted by Crippen LogP contribution is -2.42. The molecule has 2 atom stereocenters. The number of aromatic amines is 1. The number of rotatable bonds is 3. The number of H-pyrrole nitrogens is 1. The van der Waals surface area contributed by atoms with Crippen molar-refractivity contribution in [3.8, 4) is 0 Å². The van der Waals surface area contributed by atoms with Gasteiger partial charge in [-0.1, -0.05) is 44.2 Å². The molecule has 1 aromatic carbocycles. The first kappa shape index (κ1) is 17.3. The van der Waals surface area contributed by atoms with Crippen LogP contribution in [0, 0.1) is 11.8 Å². The zero-order chi connectivity index (χ0) is 18.1. The van der Waals surface area contributed by atoms with Crippen molar-refractivity contribution in [1.29, 1.82) is 0 Å². The van der Waals surface area contributed by atoms with Gasteiger partial charge in [-0.05, 0) is 23.8 Å². The molecule has 5 nitrogen and oxygen atoms in total. The minimum atomic E-state index is 0.0358. The fourth-order valence-corrected chi connectivity index (χ4v) is 4.43. The van der Waals surface area contributed by atoms with Crippen molar-refractivity contribution in [3.63, 3.8) is 0 Å². The lowest BCUT2D eigenvalue weighted by Gasteiger charge is -2.36. The topological polar surface area (TPSA) is 52.2 Å². The van der Waals surface area contributed by atoms with Crippen LogP contribution in [0.1, 0.15) is 37.1 Å². The smallest absolute Gasteiger partial charge is 0.257 e. The number of hydrogen-bond donors (Lipinski definition) is 1. The molecule has 0 amide bonds. The highest BCUT2D eigenvalue weighted by atomic mass is 16.1. The average molecular weight is 352 g/mol. The van der Waals surface area contributed by atoms with Crippen LogP contribution >= 0.6 is 0 Å². The van der Waals surface area contributed by atoms with Gasteiger partial charge in [0.25, 0.3) is 5.56 Å². The maximum atomic E-state index is 12.7. The second kappa shape index (κ2) is 7.23. The monoisotopic (exact) mass is 352 g/mol. The Morgan fingerprint density at radius 1 is 1.15 bits per heavy atom. The molecule has 0 aliphatic carbocycles. The molecule has 2 unspecified atom stereocenters. The Kier molecular flexibility index (Phi) is 4.81. The van der Waals surface area contributed by atoms with E-state index in [9.17, 15) is 4.79 Å². The Balaban J connectivity index is 1.53. The summed E-state index contributed by atoms with van der Waals surface area (Å²) in [6, 6.07) is 10.4. The van der Waals surface area contributed by atoms with Gasteiger partial charge in [0.15, 0.2) is 0 Å². The molecule has 1 aromatic heterocycles. The third-order valence-electron chi connectivity index (χ3n) is 5.55. The molecule has 2 aliphatic rings. The van der Waals surface area contributed by atoms with Crippen LogP contribution in [0.2, 0.25) is 0 Å². The normalized spacial score (nSPS) is 23.7. The molecule has 0 saturated carbocycles. The predicted molar refractivity (Wildman–Crippen MR) is 104 cm³/mol. The molecule has 1 saturated heterocycles. The van der Waals surface area contributed by atoms with Gasteiger partial charge in [0.1, 0.15) is 0 Å². The van der Waals surface area contributed by atoms with Crippen LogP contribution in [-0.4, -0.2) is 34.5 Å². The van der Waals surface area contributed by atoms with Gasteiger partial charge in [0, 0.05) is 39.1 Å². The molecular formula is C21H28N4O. The Hall–Kier alpha value is -2.14. The molecule has 3 heterocycles. The zero-order valence-corrected chi connectivity index (χ0v) is 15.7. The molecule has 4 rings (SSSR count). The van der Waals surface area contributed by atoms with E-state index in [1.54, 1.807) is 0 Å². The summed E-state index contributed by atoms with van der Waals surface area (Å²) >= 11 is 0. The summed E-state index contributed by atoms with van der Waals surface area (Å²) in [5.74, 6) is 2.05. The van der Waals surface area contributed by atoms with Crippen molar-refractivity contribution in [1.82, 2.24) is 14.9 Å². The third kappa shape index (κ3) is 3.68. The fraction of sp³-hybridized carbons (Fsp3) is 0.524. The van der Waals surface area contributed by atoms with Crippen LogP contribution < -0.4 is 10.5 Å². The van der Waals surface area contributed by atoms with Gasteiger partial charge in [-0.25, -0.2) is 4.98 Å². The second-order valence-corrected chi connectivity index (χ2v) is 8.11. The Labute approximate surface area is 155 Å². The van der Waals surface area contributed by atoms with E-state index in [2.05, 4.69) is 52.9 Å². The molecule has 138 valence electrons. The number of fused-ring (bicyclic) bond motifs is 1. The Morgan fingerprint density at radius 2 is 1.88 bits per heavy atom. The fourth-order valence-electron chi connectivity index (χ4n) is 4.43. The summed E-state index contributed by atoms with van der Waals surface area (Å²) in [6.45, 7) is 9.02. The van der Waals surface area contributed by atoms with Crippen LogP contribution in [0.5, 0.6) is 0 Å². The van der Waals surface area contributed by atoms with E-state index in [4.69, 9.17) is 4.98 Å². The van der Waals surface area contributed by atoms with E-state index < -0.39 is 0 Å². The van der Waals surface area contributed by atoms with Crippen molar-refractivity contribution in [2.75, 3.05) is 24.5 Å². The van der Waals surface area contributed by atoms with Crippen molar-refractivity contribution in [3.05, 3.63) is 57.5 Å². The van der Waals surface area contributed by atoms with Gasteiger partial charge < -0.3 is 4.90 Å². The van der Waals surface area contributed by atoms with E-state index >= 15 is 0 Å². The van der Waals surface area contributed by atoms with Gasteiger partial charge >= 0.3 is 0 Å². The predicted octanol–water partition coefficient (Wildman–Crippen LogP) is 2.81. The van der Waals surface area contributed by atoms with E-state index in [0.717, 1.165) is 49.8 Å². The largest absolute Gasteiger partial charge is 0.342 e. The van der Waals surface area contributed by atoms with Gasteiger partial charge in [0.2, 0.25) is 5.95 Å². The van der Waals surface area contributed by atoms with E-state index in [1.165, 1.54) is 12.0 Å². The zero-order valence-electron chi connectivity index (χ0n) is 15.7. The highest BCUT2D eigenvalue weighted by Crippen LogP contribution is 2.25. The average Bonchev–Trinajstić information content (AvgIpc) is 2.62. The first-order valence-electron chi connectivity index (χ1n) is 9.72. The third-order valence-corrected chi connectivity index (χ3v) is 5.55. The number of piperidine rings is 1. The summed E-state index contributed by atoms with van der Waals surface area (Å²) in [4.78, 5) is 25.2. The SMILES string of the molecule is CC1CC(C)CN(c2nc3c(c(=O)[nH]2)CN(Cc2ccccc2)CC3)C1. The summed E-state index contributed by atoms with van der Waals surface area (Å²) < 4.78 is 0. The van der Waals surface area contributed by atoms with E-state index in [1.807, 2.05) is 6.07 Å². The highest BCUT2D eigenvalue weighted by molar-refractivity contribution is 5.35. The molecule has 1 fully saturated rings. The number of nitrogens with zero attached hydrogens (tertiary/aromatic N) is 3. The van der Waals surface area contributed by atoms with Crippen molar-refractivity contribution in [2.45, 2.75) is 39.8 Å². The summed E-state index contributed by atoms with van der Waals surface area (Å²) in [5, 5.41) is 0. The summed E-state index contributed by atoms with van der Waals surface area (Å²) in [7, 11) is 0. The maximum Gasteiger partial charge on any atom is 0.257 e. The quantitative estimate of drug-likeness (QED) is 0.923. The standard InChI is InChI=1S/C21H28N4O/c1-15-10-16(2)12-25(11-15)21-22-19-8-9-24(14-18(19)20(26)23-21)13-17-6-4-3-5-7-17/h3-7,15-16H,8-14H2,1-2H3,(H,22,23,26). The van der Waals surface area contributed by atoms with Gasteiger partial charge in [-0.3, -0.25) is 14.7 Å². The van der Waals surface area contributed by atoms with Crippen molar-refractivity contribution >= 4 is 5.95 Å². The minimum Gasteiger partial charge on any atom is -0.342 e. The van der Waals surface area contributed by atoms with Gasteiger partial charge in [-0.15, -0.1) is 0 Å². The van der Waals surface area contributed by atoms with Crippen molar-refractivity contribution < 1.29 is 0 Å². The molecule has 0 spiro atoms. The van der Waals surface area contributed by atoms with Crippen LogP contribution in [0.25, 0.3) is 0 Å². The molecular weight excluding hydrogens is 324 g/mol. The van der Waals surface area contributed by atoms with Crippen molar-refractivity contribution in [2.24, 2.45) is 11.8 Å². The first-order chi connectivity index (χ1) is 12.6. The number of nitrogens with one attached hydrogen (secondary N) is 1. The molecule has 26 heavy (non-hydrogen) atoms.